The predicted molar refractivity (Wildman–Crippen MR) is 98.9 cm³/mol. The first-order valence-corrected chi connectivity index (χ1v) is 10.0. The highest BCUT2D eigenvalue weighted by atomic mass is 32.2. The van der Waals surface area contributed by atoms with Crippen molar-refractivity contribution < 1.29 is 29.0 Å². The van der Waals surface area contributed by atoms with Gasteiger partial charge in [0, 0.05) is 22.6 Å². The van der Waals surface area contributed by atoms with Crippen LogP contribution in [0.4, 0.5) is 0 Å². The van der Waals surface area contributed by atoms with E-state index in [2.05, 4.69) is 5.32 Å². The van der Waals surface area contributed by atoms with Gasteiger partial charge in [0.25, 0.3) is 5.91 Å². The lowest BCUT2D eigenvalue weighted by Crippen LogP contribution is -2.71. The molecule has 1 unspecified atom stereocenters. The van der Waals surface area contributed by atoms with Gasteiger partial charge in [-0.05, 0) is 18.4 Å². The molecular weight excluding hydrogens is 392 g/mol. The fourth-order valence-electron chi connectivity index (χ4n) is 3.01. The number of amides is 2. The van der Waals surface area contributed by atoms with Gasteiger partial charge in [-0.25, -0.2) is 4.79 Å². The number of β-lactam (4-membered cyclic amide) rings is 1. The lowest BCUT2D eigenvalue weighted by Gasteiger charge is -2.51. The highest BCUT2D eigenvalue weighted by molar-refractivity contribution is 8.00. The Morgan fingerprint density at radius 1 is 1.37 bits per heavy atom. The lowest BCUT2D eigenvalue weighted by atomic mass is 10.0. The highest BCUT2D eigenvalue weighted by Gasteiger charge is 2.55. The van der Waals surface area contributed by atoms with Crippen molar-refractivity contribution in [2.24, 2.45) is 0 Å². The first kappa shape index (κ1) is 19.4. The number of hydrogen-bond acceptors (Lipinski definition) is 7. The van der Waals surface area contributed by atoms with Crippen LogP contribution in [0.25, 0.3) is 0 Å². The molecule has 3 heterocycles. The standard InChI is InChI=1S/C17H18N2O6S2/c1-8-11(7-25-9(2)20)14(17(23)24)19-15(22)13(16(19)27-8)18-12(21)6-10-4-3-5-26-10/h3-5,8,13,16H,6-7H2,1-2H3,(H,18,21)(H,23,24)/t8-,13?,16-/m1/s1. The Balaban J connectivity index is 1.75. The number of carboxylic acid groups (broad SMARTS) is 1. The molecule has 1 aromatic rings. The molecule has 144 valence electrons. The van der Waals surface area contributed by atoms with E-state index in [1.54, 1.807) is 6.92 Å². The number of nitrogens with zero attached hydrogens (tertiary/aromatic N) is 1. The molecule has 0 aromatic carbocycles. The number of thiophene rings is 1. The van der Waals surface area contributed by atoms with E-state index in [9.17, 15) is 24.3 Å². The topological polar surface area (TPSA) is 113 Å². The maximum absolute atomic E-state index is 12.5. The zero-order valence-electron chi connectivity index (χ0n) is 14.6. The molecule has 0 bridgehead atoms. The van der Waals surface area contributed by atoms with Crippen LogP contribution >= 0.6 is 23.1 Å². The van der Waals surface area contributed by atoms with E-state index in [0.717, 1.165) is 4.88 Å². The minimum atomic E-state index is -1.26. The number of carbonyl (C=O) groups is 4. The lowest BCUT2D eigenvalue weighted by molar-refractivity contribution is -0.151. The Kier molecular flexibility index (Phi) is 5.56. The van der Waals surface area contributed by atoms with Crippen LogP contribution < -0.4 is 5.32 Å². The molecule has 1 fully saturated rings. The van der Waals surface area contributed by atoms with Gasteiger partial charge in [-0.3, -0.25) is 19.3 Å². The second-order valence-corrected chi connectivity index (χ2v) is 8.63. The molecule has 2 aliphatic rings. The van der Waals surface area contributed by atoms with Gasteiger partial charge in [-0.1, -0.05) is 6.07 Å². The Morgan fingerprint density at radius 2 is 2.11 bits per heavy atom. The molecule has 10 heteroatoms. The van der Waals surface area contributed by atoms with Crippen LogP contribution in [0, 0.1) is 0 Å². The van der Waals surface area contributed by atoms with Crippen molar-refractivity contribution in [1.29, 1.82) is 0 Å². The van der Waals surface area contributed by atoms with Crippen LogP contribution in [0.15, 0.2) is 28.8 Å². The van der Waals surface area contributed by atoms with E-state index in [1.165, 1.54) is 34.9 Å². The molecule has 0 spiro atoms. The monoisotopic (exact) mass is 410 g/mol. The molecule has 8 nitrogen and oxygen atoms in total. The Bertz CT molecular complexity index is 819. The highest BCUT2D eigenvalue weighted by Crippen LogP contribution is 2.44. The van der Waals surface area contributed by atoms with Crippen molar-refractivity contribution in [2.75, 3.05) is 6.61 Å². The van der Waals surface area contributed by atoms with Gasteiger partial charge >= 0.3 is 11.9 Å². The molecule has 3 rings (SSSR count). The summed E-state index contributed by atoms with van der Waals surface area (Å²) in [5.41, 5.74) is 0.205. The largest absolute Gasteiger partial charge is 0.477 e. The average molecular weight is 410 g/mol. The van der Waals surface area contributed by atoms with Gasteiger partial charge in [0.15, 0.2) is 0 Å². The number of carbonyl (C=O) groups excluding carboxylic acids is 3. The van der Waals surface area contributed by atoms with Crippen molar-refractivity contribution in [3.63, 3.8) is 0 Å². The quantitative estimate of drug-likeness (QED) is 0.531. The molecule has 3 atom stereocenters. The van der Waals surface area contributed by atoms with Gasteiger partial charge in [0.1, 0.15) is 23.7 Å². The number of ether oxygens (including phenoxy) is 1. The van der Waals surface area contributed by atoms with Crippen LogP contribution in [-0.2, 0) is 30.3 Å². The molecule has 1 saturated heterocycles. The summed E-state index contributed by atoms with van der Waals surface area (Å²) in [6, 6.07) is 2.91. The average Bonchev–Trinajstić information content (AvgIpc) is 3.10. The van der Waals surface area contributed by atoms with Crippen molar-refractivity contribution in [1.82, 2.24) is 10.2 Å². The Labute approximate surface area is 163 Å². The van der Waals surface area contributed by atoms with E-state index >= 15 is 0 Å². The summed E-state index contributed by atoms with van der Waals surface area (Å²) in [7, 11) is 0. The van der Waals surface area contributed by atoms with Crippen LogP contribution in [0.2, 0.25) is 0 Å². The second kappa shape index (κ2) is 7.73. The SMILES string of the molecule is CC(=O)OCC1=C(C(=O)O)N2C(=O)C(NC(=O)Cc3cccs3)[C@H]2S[C@@H]1C. The van der Waals surface area contributed by atoms with Crippen molar-refractivity contribution in [3.8, 4) is 0 Å². The zero-order valence-corrected chi connectivity index (χ0v) is 16.3. The third kappa shape index (κ3) is 3.86. The van der Waals surface area contributed by atoms with Crippen LogP contribution in [0.3, 0.4) is 0 Å². The van der Waals surface area contributed by atoms with Crippen LogP contribution in [0.1, 0.15) is 18.7 Å². The summed E-state index contributed by atoms with van der Waals surface area (Å²) >= 11 is 2.81. The molecular formula is C17H18N2O6S2. The first-order valence-electron chi connectivity index (χ1n) is 8.19. The Hall–Kier alpha value is -2.33. The minimum absolute atomic E-state index is 0.166. The Morgan fingerprint density at radius 3 is 2.70 bits per heavy atom. The minimum Gasteiger partial charge on any atom is -0.477 e. The molecule has 27 heavy (non-hydrogen) atoms. The number of carboxylic acids is 1. The summed E-state index contributed by atoms with van der Waals surface area (Å²) in [4.78, 5) is 49.6. The summed E-state index contributed by atoms with van der Waals surface area (Å²) in [5.74, 6) is -2.54. The van der Waals surface area contributed by atoms with Gasteiger partial charge in [0.05, 0.1) is 6.42 Å². The van der Waals surface area contributed by atoms with E-state index in [1.807, 2.05) is 17.5 Å². The molecule has 2 aliphatic heterocycles. The van der Waals surface area contributed by atoms with E-state index in [-0.39, 0.29) is 29.9 Å². The maximum atomic E-state index is 12.5. The first-order chi connectivity index (χ1) is 12.8. The summed E-state index contributed by atoms with van der Waals surface area (Å²) in [6.45, 7) is 2.84. The molecule has 0 aliphatic carbocycles. The van der Waals surface area contributed by atoms with Crippen molar-refractivity contribution in [2.45, 2.75) is 36.9 Å². The molecule has 0 saturated carbocycles. The zero-order chi connectivity index (χ0) is 19.7. The van der Waals surface area contributed by atoms with E-state index in [4.69, 9.17) is 4.74 Å². The number of esters is 1. The summed E-state index contributed by atoms with van der Waals surface area (Å²) < 4.78 is 4.95. The van der Waals surface area contributed by atoms with Gasteiger partial charge in [-0.15, -0.1) is 23.1 Å². The van der Waals surface area contributed by atoms with Gasteiger partial charge < -0.3 is 15.2 Å². The van der Waals surface area contributed by atoms with E-state index < -0.39 is 29.3 Å². The van der Waals surface area contributed by atoms with Gasteiger partial charge in [-0.2, -0.15) is 0 Å². The number of hydrogen-bond donors (Lipinski definition) is 2. The summed E-state index contributed by atoms with van der Waals surface area (Å²) in [6.07, 6.45) is 0.174. The molecule has 0 radical (unpaired) electrons. The number of fused-ring (bicyclic) bond motifs is 1. The molecule has 2 amide bonds. The van der Waals surface area contributed by atoms with Crippen molar-refractivity contribution in [3.05, 3.63) is 33.7 Å². The normalized spacial score (nSPS) is 24.1. The third-order valence-electron chi connectivity index (χ3n) is 4.29. The van der Waals surface area contributed by atoms with Crippen LogP contribution in [0.5, 0.6) is 0 Å². The third-order valence-corrected chi connectivity index (χ3v) is 6.62. The van der Waals surface area contributed by atoms with Crippen molar-refractivity contribution >= 4 is 46.9 Å². The molecule has 1 aromatic heterocycles. The van der Waals surface area contributed by atoms with E-state index in [0.29, 0.717) is 5.57 Å². The smallest absolute Gasteiger partial charge is 0.352 e. The van der Waals surface area contributed by atoms with Gasteiger partial charge in [0.2, 0.25) is 5.91 Å². The van der Waals surface area contributed by atoms with Crippen LogP contribution in [-0.4, -0.2) is 57.0 Å². The molecule has 2 N–H and O–H groups in total. The number of rotatable bonds is 6. The number of nitrogens with one attached hydrogen (secondary N) is 1. The fourth-order valence-corrected chi connectivity index (χ4v) is 5.15. The maximum Gasteiger partial charge on any atom is 0.352 e. The predicted octanol–water partition coefficient (Wildman–Crippen LogP) is 0.981. The number of thioether (sulfide) groups is 1. The second-order valence-electron chi connectivity index (χ2n) is 6.14. The fraction of sp³-hybridized carbons (Fsp3) is 0.412. The number of aliphatic carboxylic acids is 1. The summed E-state index contributed by atoms with van der Waals surface area (Å²) in [5, 5.41) is 13.4.